The van der Waals surface area contributed by atoms with Crippen molar-refractivity contribution in [1.29, 1.82) is 0 Å². The molecule has 2 saturated heterocycles. The van der Waals surface area contributed by atoms with Crippen LogP contribution in [0.2, 0.25) is 0 Å². The molecule has 0 unspecified atom stereocenters. The number of benzene rings is 15. The summed E-state index contributed by atoms with van der Waals surface area (Å²) in [6, 6.07) is 135. The molecule has 2 aliphatic carbocycles. The highest BCUT2D eigenvalue weighted by molar-refractivity contribution is 7.03. The molecule has 15 aromatic rings. The first-order valence-electron chi connectivity index (χ1n) is 39.7. The van der Waals surface area contributed by atoms with Crippen LogP contribution in [0, 0.1) is 11.8 Å². The minimum atomic E-state index is -0.326. The maximum absolute atomic E-state index is 2.93. The SMILES string of the molecule is CC(C)(C)c1cc2c3c(c1)N(c1c(-c4ccccc4)cc(-c4ccccc4)cc1-c1ccccc1)c1cc4c(cc1B3c1ccccc1N2c1c(-c2ccccc2)cc(-c2ccccc2)cc1-c1ccccc1)B1c2ccccc2N(c2ccccc2)c2cc(N3C5CC6CC(C5)CC3C6)cc(c21)N4c1ccccc1. The molecule has 0 amide bonds. The van der Waals surface area contributed by atoms with Gasteiger partial charge in [-0.05, 0) is 223 Å². The van der Waals surface area contributed by atoms with Gasteiger partial charge in [0.15, 0.2) is 0 Å². The van der Waals surface area contributed by atoms with Crippen LogP contribution in [0.1, 0.15) is 58.4 Å². The molecule has 110 heavy (non-hydrogen) atoms. The van der Waals surface area contributed by atoms with Gasteiger partial charge in [0.2, 0.25) is 0 Å². The molecule has 0 spiro atoms. The van der Waals surface area contributed by atoms with Gasteiger partial charge < -0.3 is 24.5 Å². The number of hydrogen-bond acceptors (Lipinski definition) is 5. The van der Waals surface area contributed by atoms with Gasteiger partial charge in [-0.3, -0.25) is 0 Å². The molecule has 0 aromatic heterocycles. The van der Waals surface area contributed by atoms with Crippen LogP contribution in [0.25, 0.3) is 66.8 Å². The van der Waals surface area contributed by atoms with Crippen LogP contribution in [-0.2, 0) is 5.41 Å². The predicted molar refractivity (Wildman–Crippen MR) is 466 cm³/mol. The summed E-state index contributed by atoms with van der Waals surface area (Å²) in [5.41, 5.74) is 38.0. The number of rotatable bonds is 11. The Balaban J connectivity index is 0.898. The lowest BCUT2D eigenvalue weighted by molar-refractivity contribution is 0.0900. The Bertz CT molecular complexity index is 5960. The maximum Gasteiger partial charge on any atom is 0.252 e. The van der Waals surface area contributed by atoms with Crippen LogP contribution in [0.5, 0.6) is 0 Å². The fraction of sp³-hybridized carbons (Fsp3) is 0.126. The summed E-state index contributed by atoms with van der Waals surface area (Å²) in [6.45, 7) is 6.84. The Labute approximate surface area is 646 Å². The summed E-state index contributed by atoms with van der Waals surface area (Å²) in [4.78, 5) is 13.7. The molecule has 2 saturated carbocycles. The maximum atomic E-state index is 2.93. The topological polar surface area (TPSA) is 16.2 Å². The average Bonchev–Trinajstić information content (AvgIpc) is 0.680. The molecular weight excluding hydrogens is 1330 g/mol. The van der Waals surface area contributed by atoms with Crippen molar-refractivity contribution in [2.24, 2.45) is 11.8 Å². The third kappa shape index (κ3) is 10.3. The molecule has 0 radical (unpaired) electrons. The molecule has 15 aromatic carbocycles. The van der Waals surface area contributed by atoms with Gasteiger partial charge in [0.25, 0.3) is 13.4 Å². The largest absolute Gasteiger partial charge is 0.365 e. The summed E-state index contributed by atoms with van der Waals surface area (Å²) in [5, 5.41) is 0. The van der Waals surface area contributed by atoms with E-state index in [1.165, 1.54) is 127 Å². The van der Waals surface area contributed by atoms with Crippen LogP contribution in [0.4, 0.5) is 73.9 Å². The van der Waals surface area contributed by atoms with Gasteiger partial charge in [0, 0.05) is 96.9 Å². The molecule has 6 aliphatic heterocycles. The molecule has 0 atom stereocenters. The highest BCUT2D eigenvalue weighted by Crippen LogP contribution is 2.58. The van der Waals surface area contributed by atoms with Gasteiger partial charge in [-0.25, -0.2) is 0 Å². The lowest BCUT2D eigenvalue weighted by Gasteiger charge is -2.58. The summed E-state index contributed by atoms with van der Waals surface area (Å²) in [7, 11) is 0. The Morgan fingerprint density at radius 2 is 0.555 bits per heavy atom. The first-order valence-corrected chi connectivity index (χ1v) is 39.7. The first-order chi connectivity index (χ1) is 54.2. The van der Waals surface area contributed by atoms with E-state index in [1.54, 1.807) is 0 Å². The molecule has 0 N–H and O–H groups in total. The summed E-state index contributed by atoms with van der Waals surface area (Å²) < 4.78 is 0. The molecule has 524 valence electrons. The smallest absolute Gasteiger partial charge is 0.252 e. The van der Waals surface area contributed by atoms with Crippen LogP contribution >= 0.6 is 0 Å². The summed E-state index contributed by atoms with van der Waals surface area (Å²) in [5.74, 6) is 1.63. The monoisotopic (exact) mass is 1410 g/mol. The fourth-order valence-corrected chi connectivity index (χ4v) is 20.8. The van der Waals surface area contributed by atoms with Gasteiger partial charge in [0.05, 0.1) is 11.4 Å². The molecule has 7 heteroatoms. The lowest BCUT2D eigenvalue weighted by atomic mass is 9.30. The van der Waals surface area contributed by atoms with E-state index >= 15 is 0 Å². The zero-order valence-corrected chi connectivity index (χ0v) is 62.2. The van der Waals surface area contributed by atoms with E-state index in [0.717, 1.165) is 96.0 Å². The van der Waals surface area contributed by atoms with Crippen LogP contribution < -0.4 is 57.3 Å². The Morgan fingerprint density at radius 1 is 0.245 bits per heavy atom. The second-order valence-electron chi connectivity index (χ2n) is 32.7. The molecule has 4 fully saturated rings. The summed E-state index contributed by atoms with van der Waals surface area (Å²) in [6.07, 6.45) is 6.48. The minimum absolute atomic E-state index is 0.151. The van der Waals surface area contributed by atoms with Gasteiger partial charge in [-0.2, -0.15) is 0 Å². The quantitative estimate of drug-likeness (QED) is 0.120. The first kappa shape index (κ1) is 64.6. The van der Waals surface area contributed by atoms with E-state index in [4.69, 9.17) is 0 Å². The second-order valence-corrected chi connectivity index (χ2v) is 32.7. The Kier molecular flexibility index (Phi) is 15.0. The third-order valence-corrected chi connectivity index (χ3v) is 25.3. The van der Waals surface area contributed by atoms with Crippen molar-refractivity contribution in [2.45, 2.75) is 70.4 Å². The van der Waals surface area contributed by atoms with Crippen molar-refractivity contribution in [3.63, 3.8) is 0 Å². The lowest BCUT2D eigenvalue weighted by Crippen LogP contribution is -2.65. The van der Waals surface area contributed by atoms with E-state index in [1.807, 2.05) is 0 Å². The highest BCUT2D eigenvalue weighted by atomic mass is 15.2. The number of para-hydroxylation sites is 4. The van der Waals surface area contributed by atoms with Gasteiger partial charge in [-0.1, -0.05) is 282 Å². The van der Waals surface area contributed by atoms with E-state index in [9.17, 15) is 0 Å². The Hall–Kier alpha value is -12.6. The van der Waals surface area contributed by atoms with Crippen molar-refractivity contribution >= 4 is 120 Å². The fourth-order valence-electron chi connectivity index (χ4n) is 20.8. The van der Waals surface area contributed by atoms with Crippen molar-refractivity contribution in [2.75, 3.05) is 24.5 Å². The molecule has 23 rings (SSSR count). The van der Waals surface area contributed by atoms with E-state index in [0.29, 0.717) is 12.1 Å². The zero-order chi connectivity index (χ0) is 72.9. The number of nitrogens with zero attached hydrogens (tertiary/aromatic N) is 5. The van der Waals surface area contributed by atoms with Crippen molar-refractivity contribution in [1.82, 2.24) is 0 Å². The Morgan fingerprint density at radius 3 is 0.936 bits per heavy atom. The average molecular weight is 1410 g/mol. The normalized spacial score (nSPS) is 17.3. The molecule has 5 nitrogen and oxygen atoms in total. The van der Waals surface area contributed by atoms with Gasteiger partial charge >= 0.3 is 0 Å². The minimum Gasteiger partial charge on any atom is -0.365 e. The summed E-state index contributed by atoms with van der Waals surface area (Å²) >= 11 is 0. The van der Waals surface area contributed by atoms with Crippen molar-refractivity contribution < 1.29 is 0 Å². The van der Waals surface area contributed by atoms with Crippen molar-refractivity contribution in [3.8, 4) is 66.8 Å². The van der Waals surface area contributed by atoms with Crippen LogP contribution in [0.3, 0.4) is 0 Å². The number of anilines is 13. The van der Waals surface area contributed by atoms with Crippen molar-refractivity contribution in [3.05, 3.63) is 357 Å². The molecular formula is C103H81B2N5. The van der Waals surface area contributed by atoms with Crippen LogP contribution in [-0.4, -0.2) is 25.5 Å². The van der Waals surface area contributed by atoms with Crippen LogP contribution in [0.15, 0.2) is 352 Å². The van der Waals surface area contributed by atoms with Gasteiger partial charge in [-0.15, -0.1) is 0 Å². The zero-order valence-electron chi connectivity index (χ0n) is 62.2. The standard InChI is InChI=1S/C103H81B2N5/c1-103(2,3)77-61-95-99-96(62-77)110(102-85(73-40-20-8-21-41-73)59-76(70-34-14-5-15-35-70)60-86(102)74-42-22-9-23-43-74)94-66-93-89(65-90(94)105(99)88-49-29-31-51-92(88)109(95)101-83(71-36-16-6-17-37-71)57-75(69-32-12-4-13-33-69)58-84(101)72-38-18-7-19-39-72)104-87-48-28-30-50-91(87)107(78-44-24-10-25-45-78)97-63-82(106-80-53-67-52-68(55-80)56-81(106)54-67)64-98(100(97)104)108(93)79-46-26-11-27-47-79/h4-51,57-68,80-81H,52-56H2,1-3H3. The predicted octanol–water partition coefficient (Wildman–Crippen LogP) is 22.9. The van der Waals surface area contributed by atoms with E-state index < -0.39 is 0 Å². The van der Waals surface area contributed by atoms with E-state index in [-0.39, 0.29) is 18.8 Å². The number of piperidine rings is 2. The number of fused-ring (bicyclic) bond motifs is 8. The van der Waals surface area contributed by atoms with Gasteiger partial charge in [0.1, 0.15) is 0 Å². The van der Waals surface area contributed by atoms with E-state index in [2.05, 4.69) is 397 Å². The number of hydrogen-bond donors (Lipinski definition) is 0. The molecule has 6 heterocycles. The third-order valence-electron chi connectivity index (χ3n) is 25.3. The molecule has 8 aliphatic rings. The molecule has 4 bridgehead atoms. The highest BCUT2D eigenvalue weighted by Gasteiger charge is 2.52. The second kappa shape index (κ2) is 25.5.